The van der Waals surface area contributed by atoms with Gasteiger partial charge in [0.05, 0.1) is 0 Å². The first kappa shape index (κ1) is 13.8. The summed E-state index contributed by atoms with van der Waals surface area (Å²) in [4.78, 5) is 12.0. The highest BCUT2D eigenvalue weighted by Crippen LogP contribution is 2.19. The maximum absolute atomic E-state index is 12.0. The van der Waals surface area contributed by atoms with Gasteiger partial charge in [-0.3, -0.25) is 4.79 Å². The Bertz CT molecular complexity index is 404. The van der Waals surface area contributed by atoms with Gasteiger partial charge >= 0.3 is 0 Å². The fourth-order valence-electron chi connectivity index (χ4n) is 1.50. The van der Waals surface area contributed by atoms with Crippen LogP contribution in [0.1, 0.15) is 29.8 Å². The molecule has 0 bridgehead atoms. The Hall–Kier alpha value is -1.22. The number of halogens is 1. The number of hydrogen-bond acceptors (Lipinski definition) is 2. The minimum atomic E-state index is -0.197. The number of hydrogen-bond donors (Lipinski definition) is 2. The molecule has 0 aliphatic carbocycles. The van der Waals surface area contributed by atoms with Crippen molar-refractivity contribution >= 4 is 17.5 Å². The molecule has 0 aliphatic heterocycles. The van der Waals surface area contributed by atoms with Gasteiger partial charge in [0.1, 0.15) is 5.75 Å². The van der Waals surface area contributed by atoms with Gasteiger partial charge in [-0.1, -0.05) is 19.9 Å². The molecule has 2 N–H and O–H groups in total. The van der Waals surface area contributed by atoms with Crippen LogP contribution in [0.2, 0.25) is 0 Å². The Balaban J connectivity index is 2.86. The third kappa shape index (κ3) is 3.37. The van der Waals surface area contributed by atoms with E-state index in [1.165, 1.54) is 0 Å². The van der Waals surface area contributed by atoms with Crippen LogP contribution in [0.3, 0.4) is 0 Å². The summed E-state index contributed by atoms with van der Waals surface area (Å²) in [5.41, 5.74) is 1.07. The lowest BCUT2D eigenvalue weighted by molar-refractivity contribution is 0.0930. The number of nitrogens with one attached hydrogen (secondary N) is 1. The van der Waals surface area contributed by atoms with E-state index in [4.69, 9.17) is 11.6 Å². The Morgan fingerprint density at radius 3 is 2.65 bits per heavy atom. The third-order valence-electron chi connectivity index (χ3n) is 2.84. The molecule has 4 heteroatoms. The van der Waals surface area contributed by atoms with Gasteiger partial charge in [0.15, 0.2) is 0 Å². The molecule has 1 unspecified atom stereocenters. The molecular weight excluding hydrogens is 238 g/mol. The first-order valence-corrected chi connectivity index (χ1v) is 6.16. The zero-order chi connectivity index (χ0) is 13.0. The monoisotopic (exact) mass is 255 g/mol. The van der Waals surface area contributed by atoms with E-state index in [0.717, 1.165) is 0 Å². The van der Waals surface area contributed by atoms with Gasteiger partial charge in [-0.05, 0) is 25.0 Å². The van der Waals surface area contributed by atoms with E-state index in [9.17, 15) is 9.90 Å². The molecule has 0 aromatic heterocycles. The van der Waals surface area contributed by atoms with Crippen LogP contribution in [0.25, 0.3) is 0 Å². The highest BCUT2D eigenvalue weighted by molar-refractivity contribution is 6.18. The van der Waals surface area contributed by atoms with Crippen molar-refractivity contribution in [3.63, 3.8) is 0 Å². The van der Waals surface area contributed by atoms with E-state index < -0.39 is 0 Å². The summed E-state index contributed by atoms with van der Waals surface area (Å²) in [6.07, 6.45) is 0. The molecule has 3 nitrogen and oxygen atoms in total. The van der Waals surface area contributed by atoms with Crippen molar-refractivity contribution in [2.24, 2.45) is 5.92 Å². The number of aromatic hydroxyl groups is 1. The van der Waals surface area contributed by atoms with Crippen molar-refractivity contribution in [3.05, 3.63) is 29.3 Å². The quantitative estimate of drug-likeness (QED) is 0.813. The smallest absolute Gasteiger partial charge is 0.251 e. The lowest BCUT2D eigenvalue weighted by Gasteiger charge is -2.20. The molecule has 0 aliphatic rings. The number of alkyl halides is 1. The Morgan fingerprint density at radius 1 is 1.47 bits per heavy atom. The molecule has 0 saturated carbocycles. The molecule has 0 heterocycles. The van der Waals surface area contributed by atoms with Crippen LogP contribution in [0.4, 0.5) is 0 Å². The van der Waals surface area contributed by atoms with Gasteiger partial charge in [0, 0.05) is 23.0 Å². The average Bonchev–Trinajstić information content (AvgIpc) is 2.28. The molecule has 1 atom stereocenters. The van der Waals surface area contributed by atoms with Crippen LogP contribution in [0, 0.1) is 12.8 Å². The average molecular weight is 256 g/mol. The maximum Gasteiger partial charge on any atom is 0.251 e. The van der Waals surface area contributed by atoms with Crippen LogP contribution < -0.4 is 5.32 Å². The molecule has 17 heavy (non-hydrogen) atoms. The number of benzene rings is 1. The summed E-state index contributed by atoms with van der Waals surface area (Å²) in [6, 6.07) is 4.84. The summed E-state index contributed by atoms with van der Waals surface area (Å²) in [7, 11) is 0. The first-order chi connectivity index (χ1) is 7.97. The van der Waals surface area contributed by atoms with E-state index in [2.05, 4.69) is 5.32 Å². The maximum atomic E-state index is 12.0. The number of carbonyl (C=O) groups is 1. The number of phenolic OH excluding ortho intramolecular Hbond substituents is 1. The molecule has 0 fully saturated rings. The topological polar surface area (TPSA) is 49.3 Å². The predicted octanol–water partition coefficient (Wildman–Crippen LogP) is 2.69. The van der Waals surface area contributed by atoms with Gasteiger partial charge < -0.3 is 10.4 Å². The van der Waals surface area contributed by atoms with Crippen LogP contribution >= 0.6 is 11.6 Å². The van der Waals surface area contributed by atoms with Crippen LogP contribution in [-0.4, -0.2) is 22.9 Å². The molecule has 0 saturated heterocycles. The number of amides is 1. The van der Waals surface area contributed by atoms with Gasteiger partial charge in [0.25, 0.3) is 5.91 Å². The van der Waals surface area contributed by atoms with Crippen LogP contribution in [0.5, 0.6) is 5.75 Å². The van der Waals surface area contributed by atoms with E-state index in [1.807, 2.05) is 13.8 Å². The number of rotatable bonds is 4. The van der Waals surface area contributed by atoms with Crippen LogP contribution in [0.15, 0.2) is 18.2 Å². The van der Waals surface area contributed by atoms with Gasteiger partial charge in [0.2, 0.25) is 0 Å². The molecular formula is C13H18ClNO2. The molecule has 0 radical (unpaired) electrons. The zero-order valence-electron chi connectivity index (χ0n) is 10.3. The van der Waals surface area contributed by atoms with Gasteiger partial charge in [-0.2, -0.15) is 0 Å². The summed E-state index contributed by atoms with van der Waals surface area (Å²) >= 11 is 5.80. The second-order valence-corrected chi connectivity index (χ2v) is 4.74. The Morgan fingerprint density at radius 2 is 2.12 bits per heavy atom. The second-order valence-electron chi connectivity index (χ2n) is 4.43. The number of carbonyl (C=O) groups excluding carboxylic acids is 1. The highest BCUT2D eigenvalue weighted by atomic mass is 35.5. The molecule has 1 aromatic carbocycles. The third-order valence-corrected chi connectivity index (χ3v) is 3.17. The molecule has 94 valence electrons. The minimum absolute atomic E-state index is 0.0640. The van der Waals surface area contributed by atoms with E-state index in [0.29, 0.717) is 17.0 Å². The summed E-state index contributed by atoms with van der Waals surface area (Å²) in [5, 5.41) is 12.4. The molecule has 1 rings (SSSR count). The van der Waals surface area contributed by atoms with Crippen molar-refractivity contribution in [1.29, 1.82) is 0 Å². The highest BCUT2D eigenvalue weighted by Gasteiger charge is 2.18. The zero-order valence-corrected chi connectivity index (χ0v) is 11.1. The largest absolute Gasteiger partial charge is 0.508 e. The summed E-state index contributed by atoms with van der Waals surface area (Å²) in [5.74, 6) is 0.581. The van der Waals surface area contributed by atoms with E-state index in [-0.39, 0.29) is 23.6 Å². The van der Waals surface area contributed by atoms with E-state index >= 15 is 0 Å². The summed E-state index contributed by atoms with van der Waals surface area (Å²) in [6.45, 7) is 5.72. The standard InChI is InChI=1S/C13H18ClNO2/c1-8(2)11(7-14)15-13(17)10-5-4-6-12(16)9(10)3/h4-6,8,11,16H,7H2,1-3H3,(H,15,17). The second kappa shape index (κ2) is 5.92. The molecule has 1 aromatic rings. The first-order valence-electron chi connectivity index (χ1n) is 5.62. The van der Waals surface area contributed by atoms with Crippen molar-refractivity contribution in [1.82, 2.24) is 5.32 Å². The normalized spacial score (nSPS) is 12.5. The Labute approximate surface area is 107 Å². The van der Waals surface area contributed by atoms with Crippen molar-refractivity contribution in [3.8, 4) is 5.75 Å². The van der Waals surface area contributed by atoms with Crippen LogP contribution in [-0.2, 0) is 0 Å². The lowest BCUT2D eigenvalue weighted by atomic mass is 10.0. The molecule has 1 amide bonds. The van der Waals surface area contributed by atoms with Crippen molar-refractivity contribution < 1.29 is 9.90 Å². The predicted molar refractivity (Wildman–Crippen MR) is 69.7 cm³/mol. The van der Waals surface area contributed by atoms with Gasteiger partial charge in [-0.15, -0.1) is 11.6 Å². The Kier molecular flexibility index (Phi) is 4.82. The fourth-order valence-corrected chi connectivity index (χ4v) is 1.93. The van der Waals surface area contributed by atoms with E-state index in [1.54, 1.807) is 25.1 Å². The number of phenols is 1. The van der Waals surface area contributed by atoms with Crippen molar-refractivity contribution in [2.45, 2.75) is 26.8 Å². The van der Waals surface area contributed by atoms with Gasteiger partial charge in [-0.25, -0.2) is 0 Å². The minimum Gasteiger partial charge on any atom is -0.508 e. The lowest BCUT2D eigenvalue weighted by Crippen LogP contribution is -2.40. The van der Waals surface area contributed by atoms with Crippen molar-refractivity contribution in [2.75, 3.05) is 5.88 Å². The summed E-state index contributed by atoms with van der Waals surface area (Å²) < 4.78 is 0. The SMILES string of the molecule is Cc1c(O)cccc1C(=O)NC(CCl)C(C)C. The fraction of sp³-hybridized carbons (Fsp3) is 0.462. The molecule has 0 spiro atoms.